The van der Waals surface area contributed by atoms with Crippen LogP contribution in [-0.4, -0.2) is 19.1 Å². The average molecular weight is 348 g/mol. The standard InChI is InChI=1S/C18H24F4O2/c1-13-2-4-14(5-3-13)10-11-23-12-15-6-8-16(9-7-15)24-18(21,22)17(19)20/h6-9,13-14,17H,2-5,10-12H2,1H3. The SMILES string of the molecule is CC1CCC(CCOCc2ccc(OC(F)(F)C(F)F)cc2)CC1. The highest BCUT2D eigenvalue weighted by Crippen LogP contribution is 2.30. The Morgan fingerprint density at radius 2 is 1.71 bits per heavy atom. The maximum absolute atomic E-state index is 12.8. The highest BCUT2D eigenvalue weighted by Gasteiger charge is 2.43. The van der Waals surface area contributed by atoms with E-state index < -0.39 is 12.5 Å². The predicted molar refractivity (Wildman–Crippen MR) is 83.4 cm³/mol. The smallest absolute Gasteiger partial charge is 0.428 e. The van der Waals surface area contributed by atoms with Crippen molar-refractivity contribution < 1.29 is 27.0 Å². The topological polar surface area (TPSA) is 18.5 Å². The van der Waals surface area contributed by atoms with Crippen LogP contribution >= 0.6 is 0 Å². The molecule has 1 aromatic carbocycles. The third-order valence-electron chi connectivity index (χ3n) is 4.51. The van der Waals surface area contributed by atoms with Gasteiger partial charge in [0.15, 0.2) is 0 Å². The summed E-state index contributed by atoms with van der Waals surface area (Å²) in [5.41, 5.74) is 0.792. The van der Waals surface area contributed by atoms with Crippen molar-refractivity contribution in [3.63, 3.8) is 0 Å². The van der Waals surface area contributed by atoms with Gasteiger partial charge in [-0.25, -0.2) is 0 Å². The first-order valence-corrected chi connectivity index (χ1v) is 8.38. The summed E-state index contributed by atoms with van der Waals surface area (Å²) in [5, 5.41) is 0. The fourth-order valence-electron chi connectivity index (χ4n) is 2.91. The van der Waals surface area contributed by atoms with Gasteiger partial charge in [-0.15, -0.1) is 0 Å². The highest BCUT2D eigenvalue weighted by molar-refractivity contribution is 5.27. The number of halogens is 4. The van der Waals surface area contributed by atoms with Gasteiger partial charge in [0.05, 0.1) is 6.61 Å². The van der Waals surface area contributed by atoms with E-state index in [4.69, 9.17) is 4.74 Å². The molecule has 0 radical (unpaired) electrons. The molecule has 0 saturated heterocycles. The second-order valence-electron chi connectivity index (χ2n) is 6.58. The van der Waals surface area contributed by atoms with Crippen LogP contribution in [0.25, 0.3) is 0 Å². The Labute approximate surface area is 140 Å². The van der Waals surface area contributed by atoms with Crippen molar-refractivity contribution in [2.75, 3.05) is 6.61 Å². The summed E-state index contributed by atoms with van der Waals surface area (Å²) in [4.78, 5) is 0. The van der Waals surface area contributed by atoms with Crippen molar-refractivity contribution >= 4 is 0 Å². The molecule has 1 saturated carbocycles. The second kappa shape index (κ2) is 8.70. The first kappa shape index (κ1) is 19.0. The molecular formula is C18H24F4O2. The Kier molecular flexibility index (Phi) is 6.90. The monoisotopic (exact) mass is 348 g/mol. The molecule has 0 atom stereocenters. The molecule has 1 fully saturated rings. The lowest BCUT2D eigenvalue weighted by Gasteiger charge is -2.25. The quantitative estimate of drug-likeness (QED) is 0.446. The molecule has 2 rings (SSSR count). The zero-order valence-electron chi connectivity index (χ0n) is 13.8. The van der Waals surface area contributed by atoms with Crippen LogP contribution in [0.3, 0.4) is 0 Å². The number of benzene rings is 1. The number of hydrogen-bond donors (Lipinski definition) is 0. The third-order valence-corrected chi connectivity index (χ3v) is 4.51. The largest absolute Gasteiger partial charge is 0.461 e. The minimum absolute atomic E-state index is 0.291. The molecule has 1 aliphatic rings. The molecule has 0 heterocycles. The molecule has 0 unspecified atom stereocenters. The zero-order valence-corrected chi connectivity index (χ0v) is 13.8. The van der Waals surface area contributed by atoms with Crippen molar-refractivity contribution in [1.29, 1.82) is 0 Å². The number of rotatable bonds is 8. The van der Waals surface area contributed by atoms with E-state index in [9.17, 15) is 17.6 Å². The lowest BCUT2D eigenvalue weighted by Crippen LogP contribution is -2.33. The molecule has 0 aromatic heterocycles. The maximum Gasteiger partial charge on any atom is 0.461 e. The molecule has 0 spiro atoms. The van der Waals surface area contributed by atoms with Crippen LogP contribution in [-0.2, 0) is 11.3 Å². The summed E-state index contributed by atoms with van der Waals surface area (Å²) in [6, 6.07) is 5.58. The Morgan fingerprint density at radius 1 is 1.08 bits per heavy atom. The van der Waals surface area contributed by atoms with E-state index >= 15 is 0 Å². The van der Waals surface area contributed by atoms with Crippen LogP contribution in [0.2, 0.25) is 0 Å². The Hall–Kier alpha value is -1.30. The Morgan fingerprint density at radius 3 is 2.29 bits per heavy atom. The van der Waals surface area contributed by atoms with E-state index in [1.807, 2.05) is 0 Å². The van der Waals surface area contributed by atoms with Gasteiger partial charge >= 0.3 is 12.5 Å². The van der Waals surface area contributed by atoms with E-state index in [0.717, 1.165) is 23.8 Å². The third kappa shape index (κ3) is 5.96. The Bertz CT molecular complexity index is 482. The van der Waals surface area contributed by atoms with Crippen LogP contribution in [0.15, 0.2) is 24.3 Å². The predicted octanol–water partition coefficient (Wildman–Crippen LogP) is 5.66. The summed E-state index contributed by atoms with van der Waals surface area (Å²) < 4.78 is 59.3. The van der Waals surface area contributed by atoms with Gasteiger partial charge in [-0.1, -0.05) is 44.7 Å². The van der Waals surface area contributed by atoms with E-state index in [1.165, 1.54) is 37.8 Å². The first-order chi connectivity index (χ1) is 11.4. The normalized spacial score (nSPS) is 21.9. The minimum Gasteiger partial charge on any atom is -0.428 e. The Balaban J connectivity index is 1.68. The molecule has 0 N–H and O–H groups in total. The van der Waals surface area contributed by atoms with Crippen LogP contribution < -0.4 is 4.74 Å². The number of hydrogen-bond acceptors (Lipinski definition) is 2. The van der Waals surface area contributed by atoms with Crippen molar-refractivity contribution in [1.82, 2.24) is 0 Å². The fourth-order valence-corrected chi connectivity index (χ4v) is 2.91. The van der Waals surface area contributed by atoms with E-state index in [0.29, 0.717) is 13.2 Å². The number of alkyl halides is 4. The lowest BCUT2D eigenvalue weighted by atomic mass is 9.82. The number of ether oxygens (including phenoxy) is 2. The van der Waals surface area contributed by atoms with Crippen LogP contribution in [0.4, 0.5) is 17.6 Å². The van der Waals surface area contributed by atoms with Crippen LogP contribution in [0.5, 0.6) is 5.75 Å². The first-order valence-electron chi connectivity index (χ1n) is 8.38. The van der Waals surface area contributed by atoms with E-state index in [1.54, 1.807) is 12.1 Å². The molecular weight excluding hydrogens is 324 g/mol. The van der Waals surface area contributed by atoms with Gasteiger partial charge in [-0.3, -0.25) is 0 Å². The maximum atomic E-state index is 12.8. The van der Waals surface area contributed by atoms with E-state index in [-0.39, 0.29) is 5.75 Å². The lowest BCUT2D eigenvalue weighted by molar-refractivity contribution is -0.253. The van der Waals surface area contributed by atoms with Crippen molar-refractivity contribution in [3.8, 4) is 5.75 Å². The van der Waals surface area contributed by atoms with Gasteiger partial charge < -0.3 is 9.47 Å². The molecule has 24 heavy (non-hydrogen) atoms. The summed E-state index contributed by atoms with van der Waals surface area (Å²) in [5.74, 6) is 1.27. The van der Waals surface area contributed by atoms with Gasteiger partial charge in [0.1, 0.15) is 5.75 Å². The minimum atomic E-state index is -4.48. The summed E-state index contributed by atoms with van der Waals surface area (Å²) in [6.45, 7) is 3.33. The summed E-state index contributed by atoms with van der Waals surface area (Å²) >= 11 is 0. The van der Waals surface area contributed by atoms with Gasteiger partial charge in [0.25, 0.3) is 0 Å². The molecule has 6 heteroatoms. The van der Waals surface area contributed by atoms with Gasteiger partial charge in [-0.05, 0) is 36.0 Å². The second-order valence-corrected chi connectivity index (χ2v) is 6.58. The molecule has 136 valence electrons. The average Bonchev–Trinajstić information content (AvgIpc) is 2.54. The molecule has 0 amide bonds. The van der Waals surface area contributed by atoms with Crippen molar-refractivity contribution in [3.05, 3.63) is 29.8 Å². The van der Waals surface area contributed by atoms with Gasteiger partial charge in [-0.2, -0.15) is 17.6 Å². The molecule has 1 aromatic rings. The molecule has 1 aliphatic carbocycles. The molecule has 0 bridgehead atoms. The van der Waals surface area contributed by atoms with E-state index in [2.05, 4.69) is 11.7 Å². The fraction of sp³-hybridized carbons (Fsp3) is 0.667. The molecule has 2 nitrogen and oxygen atoms in total. The van der Waals surface area contributed by atoms with Crippen molar-refractivity contribution in [2.24, 2.45) is 11.8 Å². The highest BCUT2D eigenvalue weighted by atomic mass is 19.3. The van der Waals surface area contributed by atoms with Crippen LogP contribution in [0.1, 0.15) is 44.6 Å². The van der Waals surface area contributed by atoms with Gasteiger partial charge in [0, 0.05) is 6.61 Å². The summed E-state index contributed by atoms with van der Waals surface area (Å²) in [6.07, 6.45) is -2.21. The van der Waals surface area contributed by atoms with Crippen LogP contribution in [0, 0.1) is 11.8 Å². The summed E-state index contributed by atoms with van der Waals surface area (Å²) in [7, 11) is 0. The molecule has 0 aliphatic heterocycles. The van der Waals surface area contributed by atoms with Gasteiger partial charge in [0.2, 0.25) is 0 Å². The van der Waals surface area contributed by atoms with Crippen molar-refractivity contribution in [2.45, 2.75) is 58.2 Å². The zero-order chi connectivity index (χ0) is 17.6.